The van der Waals surface area contributed by atoms with Crippen molar-refractivity contribution in [3.05, 3.63) is 64.7 Å². The van der Waals surface area contributed by atoms with Crippen molar-refractivity contribution in [3.8, 4) is 0 Å². The second-order valence-electron chi connectivity index (χ2n) is 8.74. The largest absolute Gasteiger partial charge is 0.368 e. The van der Waals surface area contributed by atoms with E-state index in [4.69, 9.17) is 11.6 Å². The lowest BCUT2D eigenvalue weighted by molar-refractivity contribution is -0.139. The lowest BCUT2D eigenvalue weighted by atomic mass is 9.91. The molecule has 0 saturated carbocycles. The third kappa shape index (κ3) is 4.69. The summed E-state index contributed by atoms with van der Waals surface area (Å²) in [6.45, 7) is 5.90. The molecule has 7 nitrogen and oxygen atoms in total. The highest BCUT2D eigenvalue weighted by molar-refractivity contribution is 6.30. The Bertz CT molecular complexity index is 1050. The molecule has 0 bridgehead atoms. The minimum atomic E-state index is -1.17. The number of aryl methyl sites for hydroxylation is 1. The van der Waals surface area contributed by atoms with E-state index in [0.717, 1.165) is 23.4 Å². The molecular formula is C25H29ClN4O3. The summed E-state index contributed by atoms with van der Waals surface area (Å²) in [6.07, 6.45) is 2.00. The third-order valence-electron chi connectivity index (χ3n) is 6.44. The van der Waals surface area contributed by atoms with Gasteiger partial charge < -0.3 is 15.1 Å². The molecule has 2 aliphatic heterocycles. The molecule has 174 valence electrons. The van der Waals surface area contributed by atoms with E-state index < -0.39 is 17.5 Å². The number of carbonyl (C=O) groups is 3. The van der Waals surface area contributed by atoms with Crippen LogP contribution in [-0.2, 0) is 21.5 Å². The van der Waals surface area contributed by atoms with Gasteiger partial charge in [0.2, 0.25) is 5.91 Å². The predicted octanol–water partition coefficient (Wildman–Crippen LogP) is 3.41. The summed E-state index contributed by atoms with van der Waals surface area (Å²) in [5.74, 6) is -0.631. The molecule has 2 aromatic carbocycles. The summed E-state index contributed by atoms with van der Waals surface area (Å²) in [5, 5.41) is 3.46. The topological polar surface area (TPSA) is 73.0 Å². The molecule has 4 rings (SSSR count). The molecule has 0 aromatic heterocycles. The number of nitrogens with one attached hydrogen (secondary N) is 1. The highest BCUT2D eigenvalue weighted by Crippen LogP contribution is 2.29. The quantitative estimate of drug-likeness (QED) is 0.659. The van der Waals surface area contributed by atoms with Crippen LogP contribution in [0.1, 0.15) is 31.4 Å². The Morgan fingerprint density at radius 3 is 2.39 bits per heavy atom. The SMILES string of the molecule is CCCc1ccc(C2(C)NC(=O)N(CC(=O)N3CCN(c4cccc(Cl)c4)CC3)C2=O)cc1. The number of amides is 4. The lowest BCUT2D eigenvalue weighted by Gasteiger charge is -2.36. The van der Waals surface area contributed by atoms with Crippen LogP contribution in [0.4, 0.5) is 10.5 Å². The van der Waals surface area contributed by atoms with Crippen molar-refractivity contribution in [2.45, 2.75) is 32.2 Å². The number of anilines is 1. The van der Waals surface area contributed by atoms with Gasteiger partial charge in [-0.05, 0) is 42.7 Å². The number of hydrogen-bond donors (Lipinski definition) is 1. The van der Waals surface area contributed by atoms with E-state index in [1.165, 1.54) is 5.56 Å². The fourth-order valence-corrected chi connectivity index (χ4v) is 4.64. The molecule has 4 amide bonds. The van der Waals surface area contributed by atoms with Crippen LogP contribution in [0.15, 0.2) is 48.5 Å². The first-order valence-corrected chi connectivity index (χ1v) is 11.7. The van der Waals surface area contributed by atoms with Crippen LogP contribution in [0.3, 0.4) is 0 Å². The maximum absolute atomic E-state index is 13.2. The summed E-state index contributed by atoms with van der Waals surface area (Å²) < 4.78 is 0. The van der Waals surface area contributed by atoms with Crippen LogP contribution in [0.2, 0.25) is 5.02 Å². The zero-order chi connectivity index (χ0) is 23.6. The molecule has 8 heteroatoms. The smallest absolute Gasteiger partial charge is 0.325 e. The van der Waals surface area contributed by atoms with Gasteiger partial charge in [-0.15, -0.1) is 0 Å². The maximum Gasteiger partial charge on any atom is 0.325 e. The molecule has 2 aromatic rings. The van der Waals surface area contributed by atoms with Crippen LogP contribution < -0.4 is 10.2 Å². The van der Waals surface area contributed by atoms with Gasteiger partial charge in [-0.1, -0.05) is 55.3 Å². The molecule has 1 atom stereocenters. The number of urea groups is 1. The van der Waals surface area contributed by atoms with Gasteiger partial charge in [0.05, 0.1) is 0 Å². The molecule has 1 N–H and O–H groups in total. The highest BCUT2D eigenvalue weighted by Gasteiger charge is 2.49. The third-order valence-corrected chi connectivity index (χ3v) is 6.68. The predicted molar refractivity (Wildman–Crippen MR) is 128 cm³/mol. The van der Waals surface area contributed by atoms with E-state index in [-0.39, 0.29) is 12.5 Å². The van der Waals surface area contributed by atoms with E-state index in [2.05, 4.69) is 17.1 Å². The average molecular weight is 469 g/mol. The van der Waals surface area contributed by atoms with E-state index in [1.54, 1.807) is 11.8 Å². The zero-order valence-corrected chi connectivity index (χ0v) is 19.8. The Labute approximate surface area is 199 Å². The Kier molecular flexibility index (Phi) is 6.61. The highest BCUT2D eigenvalue weighted by atomic mass is 35.5. The van der Waals surface area contributed by atoms with Gasteiger partial charge in [0.15, 0.2) is 0 Å². The van der Waals surface area contributed by atoms with Crippen LogP contribution in [0, 0.1) is 0 Å². The summed E-state index contributed by atoms with van der Waals surface area (Å²) in [6, 6.07) is 14.8. The number of rotatable bonds is 6. The van der Waals surface area contributed by atoms with E-state index in [1.807, 2.05) is 48.5 Å². The lowest BCUT2D eigenvalue weighted by Crippen LogP contribution is -2.52. The number of nitrogens with zero attached hydrogens (tertiary/aromatic N) is 3. The second kappa shape index (κ2) is 9.43. The molecule has 0 spiro atoms. The van der Waals surface area contributed by atoms with Crippen molar-refractivity contribution in [1.82, 2.24) is 15.1 Å². The first-order chi connectivity index (χ1) is 15.8. The fraction of sp³-hybridized carbons (Fsp3) is 0.400. The van der Waals surface area contributed by atoms with Crippen molar-refractivity contribution >= 4 is 35.1 Å². The summed E-state index contributed by atoms with van der Waals surface area (Å²) >= 11 is 6.09. The van der Waals surface area contributed by atoms with E-state index >= 15 is 0 Å². The molecule has 2 saturated heterocycles. The Morgan fingerprint density at radius 2 is 1.76 bits per heavy atom. The second-order valence-corrected chi connectivity index (χ2v) is 9.18. The van der Waals surface area contributed by atoms with E-state index in [0.29, 0.717) is 36.8 Å². The van der Waals surface area contributed by atoms with Crippen LogP contribution in [0.5, 0.6) is 0 Å². The summed E-state index contributed by atoms with van der Waals surface area (Å²) in [7, 11) is 0. The van der Waals surface area contributed by atoms with Crippen molar-refractivity contribution in [3.63, 3.8) is 0 Å². The maximum atomic E-state index is 13.2. The van der Waals surface area contributed by atoms with Crippen molar-refractivity contribution in [2.24, 2.45) is 0 Å². The Balaban J connectivity index is 1.38. The van der Waals surface area contributed by atoms with Crippen molar-refractivity contribution < 1.29 is 14.4 Å². The minimum absolute atomic E-state index is 0.230. The van der Waals surface area contributed by atoms with Crippen molar-refractivity contribution in [2.75, 3.05) is 37.6 Å². The van der Waals surface area contributed by atoms with Gasteiger partial charge in [0.25, 0.3) is 5.91 Å². The molecule has 0 aliphatic carbocycles. The Morgan fingerprint density at radius 1 is 1.06 bits per heavy atom. The molecule has 2 heterocycles. The normalized spacial score (nSPS) is 20.9. The summed E-state index contributed by atoms with van der Waals surface area (Å²) in [5.41, 5.74) is 1.74. The average Bonchev–Trinajstić information content (AvgIpc) is 3.03. The molecule has 0 radical (unpaired) electrons. The number of piperazine rings is 1. The van der Waals surface area contributed by atoms with Gasteiger partial charge in [-0.25, -0.2) is 4.79 Å². The van der Waals surface area contributed by atoms with Gasteiger partial charge in [0.1, 0.15) is 12.1 Å². The fourth-order valence-electron chi connectivity index (χ4n) is 4.45. The number of hydrogen-bond acceptors (Lipinski definition) is 4. The number of halogens is 1. The van der Waals surface area contributed by atoms with Gasteiger partial charge in [-0.2, -0.15) is 0 Å². The molecule has 2 fully saturated rings. The molecule has 33 heavy (non-hydrogen) atoms. The monoisotopic (exact) mass is 468 g/mol. The number of carbonyl (C=O) groups excluding carboxylic acids is 3. The minimum Gasteiger partial charge on any atom is -0.368 e. The Hall–Kier alpha value is -3.06. The molecular weight excluding hydrogens is 440 g/mol. The van der Waals surface area contributed by atoms with Crippen LogP contribution in [0.25, 0.3) is 0 Å². The zero-order valence-electron chi connectivity index (χ0n) is 19.0. The van der Waals surface area contributed by atoms with Crippen LogP contribution >= 0.6 is 11.6 Å². The first-order valence-electron chi connectivity index (χ1n) is 11.3. The van der Waals surface area contributed by atoms with Gasteiger partial charge in [-0.3, -0.25) is 14.5 Å². The van der Waals surface area contributed by atoms with Gasteiger partial charge >= 0.3 is 6.03 Å². The standard InChI is InChI=1S/C25H29ClN4O3/c1-3-5-18-8-10-19(11-9-18)25(2)23(32)30(24(33)27-25)17-22(31)29-14-12-28(13-15-29)21-7-4-6-20(26)16-21/h4,6-11,16H,3,5,12-15,17H2,1-2H3,(H,27,33). The van der Waals surface area contributed by atoms with Crippen molar-refractivity contribution in [1.29, 1.82) is 0 Å². The summed E-state index contributed by atoms with van der Waals surface area (Å²) in [4.78, 5) is 43.6. The molecule has 1 unspecified atom stereocenters. The number of imide groups is 1. The van der Waals surface area contributed by atoms with Gasteiger partial charge in [0, 0.05) is 36.9 Å². The van der Waals surface area contributed by atoms with Crippen LogP contribution in [-0.4, -0.2) is 60.4 Å². The first kappa shape index (κ1) is 23.1. The molecule has 2 aliphatic rings. The van der Waals surface area contributed by atoms with E-state index in [9.17, 15) is 14.4 Å². The number of benzene rings is 2.